The highest BCUT2D eigenvalue weighted by molar-refractivity contribution is 9.10. The van der Waals surface area contributed by atoms with Crippen LogP contribution in [0.15, 0.2) is 34.9 Å². The zero-order valence-electron chi connectivity index (χ0n) is 13.9. The molecule has 0 radical (unpaired) electrons. The summed E-state index contributed by atoms with van der Waals surface area (Å²) < 4.78 is 29.4. The number of alkyl halides is 1. The smallest absolute Gasteiger partial charge is 0.243 e. The molecule has 26 heavy (non-hydrogen) atoms. The fourth-order valence-corrected chi connectivity index (χ4v) is 3.27. The molecule has 0 aliphatic rings. The summed E-state index contributed by atoms with van der Waals surface area (Å²) in [6.45, 7) is 1.65. The first-order valence-electron chi connectivity index (χ1n) is 7.97. The molecular weight excluding hydrogens is 428 g/mol. The minimum absolute atomic E-state index is 0.0274. The topological polar surface area (TPSA) is 68.2 Å². The van der Waals surface area contributed by atoms with Gasteiger partial charge in [-0.3, -0.25) is 0 Å². The van der Waals surface area contributed by atoms with E-state index in [1.165, 1.54) is 13.0 Å². The molecule has 0 fully saturated rings. The Morgan fingerprint density at radius 2 is 2.08 bits per heavy atom. The van der Waals surface area contributed by atoms with Gasteiger partial charge in [-0.1, -0.05) is 18.2 Å². The van der Waals surface area contributed by atoms with Crippen LogP contribution in [0.25, 0.3) is 5.52 Å². The van der Waals surface area contributed by atoms with Gasteiger partial charge >= 0.3 is 0 Å². The summed E-state index contributed by atoms with van der Waals surface area (Å²) in [6.07, 6.45) is -0.815. The summed E-state index contributed by atoms with van der Waals surface area (Å²) in [5.74, 6) is 0.137. The minimum atomic E-state index is -1.14. The van der Waals surface area contributed by atoms with Crippen molar-refractivity contribution in [3.8, 4) is 0 Å². The summed E-state index contributed by atoms with van der Waals surface area (Å²) in [5.41, 5.74) is 7.75. The van der Waals surface area contributed by atoms with Crippen LogP contribution in [0.2, 0.25) is 5.28 Å². The molecule has 1 aromatic carbocycles. The first kappa shape index (κ1) is 19.0. The largest absolute Gasteiger partial charge is 0.364 e. The number of aromatic nitrogens is 3. The van der Waals surface area contributed by atoms with E-state index in [2.05, 4.69) is 31.3 Å². The van der Waals surface area contributed by atoms with Crippen molar-refractivity contribution in [2.24, 2.45) is 5.73 Å². The minimum Gasteiger partial charge on any atom is -0.364 e. The second kappa shape index (κ2) is 7.85. The van der Waals surface area contributed by atoms with Gasteiger partial charge in [-0.2, -0.15) is 4.98 Å². The van der Waals surface area contributed by atoms with Crippen LogP contribution in [-0.2, 0) is 13.0 Å². The quantitative estimate of drug-likeness (QED) is 0.600. The van der Waals surface area contributed by atoms with E-state index in [1.54, 1.807) is 22.7 Å². The van der Waals surface area contributed by atoms with Crippen LogP contribution in [-0.4, -0.2) is 26.8 Å². The Balaban J connectivity index is 1.94. The summed E-state index contributed by atoms with van der Waals surface area (Å²) in [5, 5.41) is 7.26. The third kappa shape index (κ3) is 3.97. The molecule has 0 aliphatic heterocycles. The van der Waals surface area contributed by atoms with Gasteiger partial charge in [-0.15, -0.1) is 5.10 Å². The highest BCUT2D eigenvalue weighted by Gasteiger charge is 2.19. The number of nitrogens with one attached hydrogen (secondary N) is 1. The fraction of sp³-hybridized carbons (Fsp3) is 0.294. The number of halogens is 4. The fourth-order valence-electron chi connectivity index (χ4n) is 2.56. The molecule has 3 N–H and O–H groups in total. The van der Waals surface area contributed by atoms with Crippen molar-refractivity contribution >= 4 is 38.9 Å². The van der Waals surface area contributed by atoms with Crippen molar-refractivity contribution < 1.29 is 8.78 Å². The first-order valence-corrected chi connectivity index (χ1v) is 9.14. The van der Waals surface area contributed by atoms with E-state index < -0.39 is 12.2 Å². The van der Waals surface area contributed by atoms with Gasteiger partial charge in [0.15, 0.2) is 5.82 Å². The van der Waals surface area contributed by atoms with E-state index in [1.807, 2.05) is 6.07 Å². The van der Waals surface area contributed by atoms with Crippen LogP contribution in [0.1, 0.15) is 18.1 Å². The normalized spacial score (nSPS) is 13.8. The lowest BCUT2D eigenvalue weighted by molar-refractivity contribution is 0.304. The molecule has 0 saturated carbocycles. The van der Waals surface area contributed by atoms with E-state index in [0.29, 0.717) is 27.9 Å². The van der Waals surface area contributed by atoms with Gasteiger partial charge in [-0.25, -0.2) is 13.3 Å². The third-order valence-electron chi connectivity index (χ3n) is 4.07. The lowest BCUT2D eigenvalue weighted by Gasteiger charge is -2.11. The maximum absolute atomic E-state index is 13.8. The Bertz CT molecular complexity index is 931. The molecule has 0 bridgehead atoms. The third-order valence-corrected chi connectivity index (χ3v) is 5.07. The van der Waals surface area contributed by atoms with Gasteiger partial charge in [0.05, 0.1) is 0 Å². The predicted molar refractivity (Wildman–Crippen MR) is 102 cm³/mol. The number of rotatable bonds is 6. The number of nitrogens with two attached hydrogens (primary N) is 1. The van der Waals surface area contributed by atoms with Crippen LogP contribution in [0.3, 0.4) is 0 Å². The average Bonchev–Trinajstić information content (AvgIpc) is 2.90. The SMILES string of the molecule is C[C@H](F)[C@H](N)Cc1cc2c(NCc3ccccc3F)nc(Cl)nn2c1Br. The number of hydrogen-bond acceptors (Lipinski definition) is 4. The van der Waals surface area contributed by atoms with Crippen LogP contribution in [0, 0.1) is 5.82 Å². The van der Waals surface area contributed by atoms with Crippen molar-refractivity contribution in [1.29, 1.82) is 0 Å². The molecule has 138 valence electrons. The van der Waals surface area contributed by atoms with E-state index >= 15 is 0 Å². The van der Waals surface area contributed by atoms with Crippen molar-refractivity contribution in [1.82, 2.24) is 14.6 Å². The molecule has 3 rings (SSSR count). The summed E-state index contributed by atoms with van der Waals surface area (Å²) in [7, 11) is 0. The molecule has 3 aromatic rings. The molecule has 0 spiro atoms. The molecule has 2 aromatic heterocycles. The van der Waals surface area contributed by atoms with E-state index in [0.717, 1.165) is 5.56 Å². The molecule has 5 nitrogen and oxygen atoms in total. The summed E-state index contributed by atoms with van der Waals surface area (Å²) in [6, 6.07) is 7.64. The van der Waals surface area contributed by atoms with Crippen molar-refractivity contribution in [3.63, 3.8) is 0 Å². The van der Waals surface area contributed by atoms with E-state index in [4.69, 9.17) is 17.3 Å². The zero-order valence-corrected chi connectivity index (χ0v) is 16.2. The van der Waals surface area contributed by atoms with Crippen molar-refractivity contribution in [2.45, 2.75) is 32.1 Å². The Morgan fingerprint density at radius 1 is 1.35 bits per heavy atom. The van der Waals surface area contributed by atoms with Gasteiger partial charge in [0.2, 0.25) is 5.28 Å². The van der Waals surface area contributed by atoms with Crippen LogP contribution in [0.4, 0.5) is 14.6 Å². The maximum Gasteiger partial charge on any atom is 0.243 e. The van der Waals surface area contributed by atoms with Crippen molar-refractivity contribution in [3.05, 3.63) is 57.2 Å². The molecule has 0 saturated heterocycles. The zero-order chi connectivity index (χ0) is 18.8. The first-order chi connectivity index (χ1) is 12.4. The predicted octanol–water partition coefficient (Wildman–Crippen LogP) is 4.12. The number of hydrogen-bond donors (Lipinski definition) is 2. The van der Waals surface area contributed by atoms with Crippen LogP contribution >= 0.6 is 27.5 Å². The van der Waals surface area contributed by atoms with Gasteiger partial charge in [-0.05, 0) is 58.6 Å². The molecule has 2 heterocycles. The van der Waals surface area contributed by atoms with Crippen LogP contribution in [0.5, 0.6) is 0 Å². The monoisotopic (exact) mass is 443 g/mol. The van der Waals surface area contributed by atoms with Gasteiger partial charge < -0.3 is 11.1 Å². The summed E-state index contributed by atoms with van der Waals surface area (Å²) >= 11 is 9.47. The number of fused-ring (bicyclic) bond motifs is 1. The molecule has 0 unspecified atom stereocenters. The van der Waals surface area contributed by atoms with Crippen molar-refractivity contribution in [2.75, 3.05) is 5.32 Å². The number of anilines is 1. The molecule has 0 aliphatic carbocycles. The van der Waals surface area contributed by atoms with Crippen LogP contribution < -0.4 is 11.1 Å². The highest BCUT2D eigenvalue weighted by Crippen LogP contribution is 2.28. The van der Waals surface area contributed by atoms with E-state index in [9.17, 15) is 8.78 Å². The molecule has 9 heteroatoms. The lowest BCUT2D eigenvalue weighted by Crippen LogP contribution is -2.31. The van der Waals surface area contributed by atoms with Gasteiger partial charge in [0.1, 0.15) is 22.1 Å². The second-order valence-corrected chi connectivity index (χ2v) is 7.07. The molecule has 0 amide bonds. The number of benzene rings is 1. The maximum atomic E-state index is 13.8. The van der Waals surface area contributed by atoms with E-state index in [-0.39, 0.29) is 17.6 Å². The van der Waals surface area contributed by atoms with Gasteiger partial charge in [0.25, 0.3) is 0 Å². The Labute approximate surface area is 162 Å². The summed E-state index contributed by atoms with van der Waals surface area (Å²) in [4.78, 5) is 4.19. The average molecular weight is 445 g/mol. The molecular formula is C17H17BrClF2N5. The van der Waals surface area contributed by atoms with Gasteiger partial charge in [0, 0.05) is 18.2 Å². The Hall–Kier alpha value is -1.77. The Kier molecular flexibility index (Phi) is 5.74. The molecule has 2 atom stereocenters. The lowest BCUT2D eigenvalue weighted by atomic mass is 10.1. The highest BCUT2D eigenvalue weighted by atomic mass is 79.9. The standard InChI is InChI=1S/C17H17BrClF2N5/c1-9(20)13(22)6-11-7-14-16(24-17(19)25-26(14)15(11)18)23-8-10-4-2-3-5-12(10)21/h2-5,7,9,13H,6,8,22H2,1H3,(H,23,24,25)/t9-,13+/m0/s1. The number of nitrogens with zero attached hydrogens (tertiary/aromatic N) is 3. The second-order valence-electron chi connectivity index (χ2n) is 5.98. The Morgan fingerprint density at radius 3 is 2.77 bits per heavy atom.